The molecule has 1 unspecified atom stereocenters. The second-order valence-electron chi connectivity index (χ2n) is 3.15. The Morgan fingerprint density at radius 3 is 2.44 bits per heavy atom. The van der Waals surface area contributed by atoms with Crippen LogP contribution in [0.25, 0.3) is 0 Å². The first-order chi connectivity index (χ1) is 4.30. The van der Waals surface area contributed by atoms with Gasteiger partial charge in [0, 0.05) is 6.61 Å². The van der Waals surface area contributed by atoms with Crippen molar-refractivity contribution in [3.63, 3.8) is 0 Å². The lowest BCUT2D eigenvalue weighted by atomic mass is 10.4. The molecular weight excluding hydrogens is 144 g/mol. The van der Waals surface area contributed by atoms with Crippen LogP contribution in [0.3, 0.4) is 0 Å². The lowest BCUT2D eigenvalue weighted by Gasteiger charge is -2.23. The van der Waals surface area contributed by atoms with Crippen LogP contribution in [-0.2, 0) is 4.43 Å². The zero-order valence-corrected chi connectivity index (χ0v) is 8.70. The van der Waals surface area contributed by atoms with Crippen molar-refractivity contribution in [3.8, 4) is 0 Å². The molecule has 0 amide bonds. The molecule has 0 aromatic carbocycles. The van der Waals surface area contributed by atoms with Crippen molar-refractivity contribution in [2.75, 3.05) is 6.61 Å². The Bertz CT molecular complexity index is 79.1. The highest BCUT2D eigenvalue weighted by Crippen LogP contribution is 2.12. The second-order valence-corrected chi connectivity index (χ2v) is 13.9. The lowest BCUT2D eigenvalue weighted by molar-refractivity contribution is 0.297. The molecule has 0 aromatic rings. The SMILES string of the molecule is C[SiH](C)[SiH]1CCCCO1. The van der Waals surface area contributed by atoms with Gasteiger partial charge in [0.2, 0.25) is 0 Å². The topological polar surface area (TPSA) is 9.23 Å². The van der Waals surface area contributed by atoms with E-state index in [9.17, 15) is 0 Å². The molecule has 1 nitrogen and oxygen atoms in total. The van der Waals surface area contributed by atoms with Crippen LogP contribution in [0.15, 0.2) is 0 Å². The van der Waals surface area contributed by atoms with Crippen LogP contribution in [0.2, 0.25) is 19.1 Å². The van der Waals surface area contributed by atoms with Gasteiger partial charge in [-0.15, -0.1) is 0 Å². The first-order valence-electron chi connectivity index (χ1n) is 3.92. The van der Waals surface area contributed by atoms with E-state index in [2.05, 4.69) is 13.1 Å². The van der Waals surface area contributed by atoms with Gasteiger partial charge in [-0.2, -0.15) is 0 Å². The van der Waals surface area contributed by atoms with Gasteiger partial charge < -0.3 is 4.43 Å². The zero-order chi connectivity index (χ0) is 6.69. The summed E-state index contributed by atoms with van der Waals surface area (Å²) >= 11 is 0. The normalized spacial score (nSPS) is 29.0. The first kappa shape index (κ1) is 7.50. The van der Waals surface area contributed by atoms with Crippen LogP contribution < -0.4 is 0 Å². The van der Waals surface area contributed by atoms with E-state index in [0.29, 0.717) is 0 Å². The summed E-state index contributed by atoms with van der Waals surface area (Å²) in [5.41, 5.74) is 0. The maximum absolute atomic E-state index is 5.74. The molecular formula is C6H16OSi2. The average molecular weight is 160 g/mol. The Labute approximate surface area is 60.5 Å². The van der Waals surface area contributed by atoms with E-state index in [1.165, 1.54) is 18.9 Å². The van der Waals surface area contributed by atoms with Gasteiger partial charge in [0.1, 0.15) is 0 Å². The minimum atomic E-state index is -0.561. The molecule has 1 saturated heterocycles. The van der Waals surface area contributed by atoms with Gasteiger partial charge in [0.05, 0.1) is 8.31 Å². The third-order valence-corrected chi connectivity index (χ3v) is 11.1. The largest absolute Gasteiger partial charge is 0.424 e. The van der Waals surface area contributed by atoms with Crippen molar-refractivity contribution in [3.05, 3.63) is 0 Å². The predicted octanol–water partition coefficient (Wildman–Crippen LogP) is 1.09. The summed E-state index contributed by atoms with van der Waals surface area (Å²) in [7, 11) is -0.896. The number of hydrogen-bond donors (Lipinski definition) is 0. The van der Waals surface area contributed by atoms with Crippen molar-refractivity contribution in [1.29, 1.82) is 0 Å². The molecule has 1 heterocycles. The molecule has 0 saturated carbocycles. The van der Waals surface area contributed by atoms with Gasteiger partial charge in [0.25, 0.3) is 0 Å². The van der Waals surface area contributed by atoms with E-state index >= 15 is 0 Å². The van der Waals surface area contributed by atoms with Crippen molar-refractivity contribution in [2.45, 2.75) is 32.0 Å². The molecule has 0 aliphatic carbocycles. The van der Waals surface area contributed by atoms with E-state index in [4.69, 9.17) is 4.43 Å². The summed E-state index contributed by atoms with van der Waals surface area (Å²) in [6.07, 6.45) is 2.78. The van der Waals surface area contributed by atoms with Crippen LogP contribution >= 0.6 is 0 Å². The molecule has 0 aromatic heterocycles. The van der Waals surface area contributed by atoms with Gasteiger partial charge in [0.15, 0.2) is 8.56 Å². The quantitative estimate of drug-likeness (QED) is 0.522. The Kier molecular flexibility index (Phi) is 2.95. The fourth-order valence-corrected chi connectivity index (χ4v) is 7.94. The first-order valence-corrected chi connectivity index (χ1v) is 10.2. The Morgan fingerprint density at radius 1 is 1.33 bits per heavy atom. The molecule has 9 heavy (non-hydrogen) atoms. The highest BCUT2D eigenvalue weighted by Gasteiger charge is 2.19. The summed E-state index contributed by atoms with van der Waals surface area (Å²) in [6.45, 7) is 5.95. The fourth-order valence-electron chi connectivity index (χ4n) is 1.29. The smallest absolute Gasteiger partial charge is 0.161 e. The average Bonchev–Trinajstić information content (AvgIpc) is 1.90. The monoisotopic (exact) mass is 160 g/mol. The van der Waals surface area contributed by atoms with Crippen LogP contribution in [0.1, 0.15) is 12.8 Å². The summed E-state index contributed by atoms with van der Waals surface area (Å²) in [5.74, 6) is 0. The van der Waals surface area contributed by atoms with Crippen molar-refractivity contribution < 1.29 is 4.43 Å². The molecule has 3 heteroatoms. The van der Waals surface area contributed by atoms with Crippen molar-refractivity contribution in [1.82, 2.24) is 0 Å². The molecule has 0 bridgehead atoms. The minimum Gasteiger partial charge on any atom is -0.424 e. The predicted molar refractivity (Wildman–Crippen MR) is 46.0 cm³/mol. The Balaban J connectivity index is 2.23. The summed E-state index contributed by atoms with van der Waals surface area (Å²) in [5, 5.41) is 0. The fraction of sp³-hybridized carbons (Fsp3) is 1.00. The molecule has 1 aliphatic rings. The molecule has 0 N–H and O–H groups in total. The van der Waals surface area contributed by atoms with Crippen molar-refractivity contribution in [2.24, 2.45) is 0 Å². The van der Waals surface area contributed by atoms with Crippen LogP contribution in [0.4, 0.5) is 0 Å². The number of rotatable bonds is 1. The maximum atomic E-state index is 5.74. The Morgan fingerprint density at radius 2 is 2.11 bits per heavy atom. The molecule has 1 atom stereocenters. The van der Waals surface area contributed by atoms with Gasteiger partial charge in [-0.1, -0.05) is 19.5 Å². The third kappa shape index (κ3) is 2.23. The second kappa shape index (κ2) is 3.53. The van der Waals surface area contributed by atoms with Gasteiger partial charge in [-0.25, -0.2) is 0 Å². The third-order valence-electron chi connectivity index (χ3n) is 1.96. The molecule has 0 radical (unpaired) electrons. The van der Waals surface area contributed by atoms with Crippen LogP contribution in [-0.4, -0.2) is 23.5 Å². The van der Waals surface area contributed by atoms with E-state index in [0.717, 1.165) is 6.61 Å². The maximum Gasteiger partial charge on any atom is 0.161 e. The molecule has 1 fully saturated rings. The van der Waals surface area contributed by atoms with Crippen LogP contribution in [0, 0.1) is 0 Å². The molecule has 1 rings (SSSR count). The van der Waals surface area contributed by atoms with E-state index < -0.39 is 8.56 Å². The van der Waals surface area contributed by atoms with Crippen LogP contribution in [0.5, 0.6) is 0 Å². The molecule has 54 valence electrons. The zero-order valence-electron chi connectivity index (χ0n) is 6.39. The van der Waals surface area contributed by atoms with Crippen molar-refractivity contribution >= 4 is 16.9 Å². The summed E-state index contributed by atoms with van der Waals surface area (Å²) < 4.78 is 5.74. The van der Waals surface area contributed by atoms with E-state index in [1.807, 2.05) is 0 Å². The standard InChI is InChI=1S/C6H16OSi2/c1-8(2)9-6-4-3-5-7-9/h8-9H,3-6H2,1-2H3. The summed E-state index contributed by atoms with van der Waals surface area (Å²) in [6, 6.07) is 1.48. The highest BCUT2D eigenvalue weighted by atomic mass is 29.2. The van der Waals surface area contributed by atoms with E-state index in [-0.39, 0.29) is 8.31 Å². The van der Waals surface area contributed by atoms with Gasteiger partial charge in [-0.05, 0) is 12.5 Å². The molecule has 1 aliphatic heterocycles. The minimum absolute atomic E-state index is 0.335. The van der Waals surface area contributed by atoms with Gasteiger partial charge >= 0.3 is 0 Å². The Hall–Kier alpha value is 0.394. The highest BCUT2D eigenvalue weighted by molar-refractivity contribution is 7.18. The van der Waals surface area contributed by atoms with Gasteiger partial charge in [-0.3, -0.25) is 0 Å². The molecule has 0 spiro atoms. The summed E-state index contributed by atoms with van der Waals surface area (Å²) in [4.78, 5) is 0. The number of hydrogen-bond acceptors (Lipinski definition) is 1. The van der Waals surface area contributed by atoms with E-state index in [1.54, 1.807) is 0 Å². The lowest BCUT2D eigenvalue weighted by Crippen LogP contribution is -2.36.